The number of hydrogen-bond acceptors (Lipinski definition) is 6. The number of benzene rings is 1. The predicted octanol–water partition coefficient (Wildman–Crippen LogP) is 2.74. The molecule has 1 aromatic carbocycles. The molecule has 30 heavy (non-hydrogen) atoms. The third-order valence-corrected chi connectivity index (χ3v) is 5.57. The maximum absolute atomic E-state index is 12.6. The summed E-state index contributed by atoms with van der Waals surface area (Å²) in [6.45, 7) is 12.1. The van der Waals surface area contributed by atoms with Crippen molar-refractivity contribution >= 4 is 11.7 Å². The van der Waals surface area contributed by atoms with Gasteiger partial charge in [-0.3, -0.25) is 9.69 Å². The van der Waals surface area contributed by atoms with E-state index >= 15 is 0 Å². The van der Waals surface area contributed by atoms with Crippen molar-refractivity contribution in [1.82, 2.24) is 20.2 Å². The monoisotopic (exact) mass is 411 g/mol. The fourth-order valence-electron chi connectivity index (χ4n) is 3.58. The Morgan fingerprint density at radius 1 is 1.10 bits per heavy atom. The number of nitrogens with one attached hydrogen (secondary N) is 1. The Kier molecular flexibility index (Phi) is 7.26. The van der Waals surface area contributed by atoms with Gasteiger partial charge in [0.05, 0.1) is 13.2 Å². The summed E-state index contributed by atoms with van der Waals surface area (Å²) in [7, 11) is 1.65. The van der Waals surface area contributed by atoms with E-state index in [9.17, 15) is 4.79 Å². The number of aryl methyl sites for hydroxylation is 1. The van der Waals surface area contributed by atoms with Crippen molar-refractivity contribution in [3.05, 3.63) is 47.4 Å². The first-order chi connectivity index (χ1) is 14.4. The SMILES string of the molecule is COc1ccc(CNC(=O)[C@@H](C)N2CCN(c3cc(C)nc(C(C)C)n3)CC2)cc1. The number of ether oxygens (including phenoxy) is 1. The Balaban J connectivity index is 1.52. The number of methoxy groups -OCH3 is 1. The molecule has 3 rings (SSSR count). The van der Waals surface area contributed by atoms with Crippen molar-refractivity contribution < 1.29 is 9.53 Å². The zero-order valence-corrected chi connectivity index (χ0v) is 18.7. The van der Waals surface area contributed by atoms with Crippen LogP contribution in [0.2, 0.25) is 0 Å². The minimum atomic E-state index is -0.163. The van der Waals surface area contributed by atoms with Gasteiger partial charge >= 0.3 is 0 Å². The molecule has 1 atom stereocenters. The van der Waals surface area contributed by atoms with Crippen LogP contribution in [0, 0.1) is 6.92 Å². The van der Waals surface area contributed by atoms with Gasteiger partial charge < -0.3 is 15.0 Å². The van der Waals surface area contributed by atoms with E-state index in [1.54, 1.807) is 7.11 Å². The van der Waals surface area contributed by atoms with Crippen molar-refractivity contribution in [2.75, 3.05) is 38.2 Å². The van der Waals surface area contributed by atoms with E-state index in [2.05, 4.69) is 33.9 Å². The zero-order valence-electron chi connectivity index (χ0n) is 18.7. The number of piperazine rings is 1. The van der Waals surface area contributed by atoms with Gasteiger partial charge in [0.25, 0.3) is 0 Å². The standard InChI is InChI=1S/C23H33N5O2/c1-16(2)22-25-17(3)14-21(26-22)28-12-10-27(11-13-28)18(4)23(29)24-15-19-6-8-20(30-5)9-7-19/h6-9,14,16,18H,10-13,15H2,1-5H3,(H,24,29)/t18-/m1/s1. The van der Waals surface area contributed by atoms with E-state index in [-0.39, 0.29) is 11.9 Å². The molecule has 1 fully saturated rings. The Morgan fingerprint density at radius 3 is 2.37 bits per heavy atom. The Hall–Kier alpha value is -2.67. The number of aromatic nitrogens is 2. The first kappa shape index (κ1) is 22.0. The Morgan fingerprint density at radius 2 is 1.77 bits per heavy atom. The lowest BCUT2D eigenvalue weighted by atomic mass is 10.2. The van der Waals surface area contributed by atoms with E-state index < -0.39 is 0 Å². The number of hydrogen-bond donors (Lipinski definition) is 1. The van der Waals surface area contributed by atoms with Crippen LogP contribution in [0.1, 0.15) is 43.8 Å². The lowest BCUT2D eigenvalue weighted by Gasteiger charge is -2.38. The molecular weight excluding hydrogens is 378 g/mol. The van der Waals surface area contributed by atoms with Gasteiger partial charge in [0.2, 0.25) is 5.91 Å². The normalized spacial score (nSPS) is 15.9. The smallest absolute Gasteiger partial charge is 0.237 e. The van der Waals surface area contributed by atoms with Gasteiger partial charge in [-0.2, -0.15) is 0 Å². The van der Waals surface area contributed by atoms with Crippen LogP contribution >= 0.6 is 0 Å². The van der Waals surface area contributed by atoms with Crippen LogP contribution < -0.4 is 15.0 Å². The largest absolute Gasteiger partial charge is 0.497 e. The summed E-state index contributed by atoms with van der Waals surface area (Å²) >= 11 is 0. The third kappa shape index (κ3) is 5.48. The van der Waals surface area contributed by atoms with Crippen molar-refractivity contribution in [3.63, 3.8) is 0 Å². The molecule has 2 heterocycles. The highest BCUT2D eigenvalue weighted by Crippen LogP contribution is 2.19. The van der Waals surface area contributed by atoms with Gasteiger partial charge in [-0.25, -0.2) is 9.97 Å². The maximum atomic E-state index is 12.6. The van der Waals surface area contributed by atoms with Gasteiger partial charge in [0.15, 0.2) is 0 Å². The topological polar surface area (TPSA) is 70.6 Å². The first-order valence-electron chi connectivity index (χ1n) is 10.6. The summed E-state index contributed by atoms with van der Waals surface area (Å²) in [5, 5.41) is 3.05. The van der Waals surface area contributed by atoms with Crippen LogP contribution in [0.4, 0.5) is 5.82 Å². The van der Waals surface area contributed by atoms with Crippen LogP contribution in [-0.2, 0) is 11.3 Å². The zero-order chi connectivity index (χ0) is 21.7. The molecule has 7 heteroatoms. The summed E-state index contributed by atoms with van der Waals surface area (Å²) in [4.78, 5) is 26.5. The molecule has 0 unspecified atom stereocenters. The molecule has 1 N–H and O–H groups in total. The molecular formula is C23H33N5O2. The number of carbonyl (C=O) groups is 1. The van der Waals surface area contributed by atoms with Gasteiger partial charge in [0.1, 0.15) is 17.4 Å². The fourth-order valence-corrected chi connectivity index (χ4v) is 3.58. The van der Waals surface area contributed by atoms with E-state index in [0.717, 1.165) is 54.8 Å². The molecule has 1 amide bonds. The van der Waals surface area contributed by atoms with Crippen LogP contribution in [0.15, 0.2) is 30.3 Å². The molecule has 1 aromatic heterocycles. The van der Waals surface area contributed by atoms with E-state index in [4.69, 9.17) is 9.72 Å². The Bertz CT molecular complexity index is 845. The van der Waals surface area contributed by atoms with Crippen molar-refractivity contribution in [2.24, 2.45) is 0 Å². The summed E-state index contributed by atoms with van der Waals surface area (Å²) in [6.07, 6.45) is 0. The summed E-state index contributed by atoms with van der Waals surface area (Å²) in [6, 6.07) is 9.64. The maximum Gasteiger partial charge on any atom is 0.237 e. The quantitative estimate of drug-likeness (QED) is 0.756. The van der Waals surface area contributed by atoms with E-state index in [0.29, 0.717) is 12.5 Å². The Labute approximate surface area is 179 Å². The molecule has 0 saturated carbocycles. The number of anilines is 1. The van der Waals surface area contributed by atoms with Crippen LogP contribution in [0.25, 0.3) is 0 Å². The highest BCUT2D eigenvalue weighted by atomic mass is 16.5. The molecule has 0 bridgehead atoms. The van der Waals surface area contributed by atoms with E-state index in [1.807, 2.05) is 44.2 Å². The molecule has 162 valence electrons. The molecule has 1 aliphatic heterocycles. The highest BCUT2D eigenvalue weighted by Gasteiger charge is 2.26. The van der Waals surface area contributed by atoms with Gasteiger partial charge in [-0.15, -0.1) is 0 Å². The molecule has 0 spiro atoms. The third-order valence-electron chi connectivity index (χ3n) is 5.57. The second kappa shape index (κ2) is 9.89. The fraction of sp³-hybridized carbons (Fsp3) is 0.522. The van der Waals surface area contributed by atoms with Crippen molar-refractivity contribution in [3.8, 4) is 5.75 Å². The van der Waals surface area contributed by atoms with E-state index in [1.165, 1.54) is 0 Å². The molecule has 2 aromatic rings. The summed E-state index contributed by atoms with van der Waals surface area (Å²) in [5.74, 6) is 3.05. The van der Waals surface area contributed by atoms with Gasteiger partial charge in [-0.1, -0.05) is 26.0 Å². The summed E-state index contributed by atoms with van der Waals surface area (Å²) < 4.78 is 5.17. The average molecular weight is 412 g/mol. The van der Waals surface area contributed by atoms with Crippen molar-refractivity contribution in [2.45, 2.75) is 46.2 Å². The minimum absolute atomic E-state index is 0.0549. The molecule has 1 saturated heterocycles. The van der Waals surface area contributed by atoms with Crippen LogP contribution in [0.3, 0.4) is 0 Å². The molecule has 7 nitrogen and oxygen atoms in total. The van der Waals surface area contributed by atoms with Crippen LogP contribution in [-0.4, -0.2) is 60.1 Å². The molecule has 1 aliphatic rings. The lowest BCUT2D eigenvalue weighted by Crippen LogP contribution is -2.54. The number of nitrogens with zero attached hydrogens (tertiary/aromatic N) is 4. The second-order valence-corrected chi connectivity index (χ2v) is 8.15. The average Bonchev–Trinajstić information content (AvgIpc) is 2.77. The van der Waals surface area contributed by atoms with Gasteiger partial charge in [0, 0.05) is 50.4 Å². The highest BCUT2D eigenvalue weighted by molar-refractivity contribution is 5.81. The predicted molar refractivity (Wildman–Crippen MR) is 119 cm³/mol. The molecule has 0 radical (unpaired) electrons. The summed E-state index contributed by atoms with van der Waals surface area (Å²) in [5.41, 5.74) is 2.05. The number of rotatable bonds is 7. The lowest BCUT2D eigenvalue weighted by molar-refractivity contribution is -0.126. The second-order valence-electron chi connectivity index (χ2n) is 8.15. The number of amides is 1. The van der Waals surface area contributed by atoms with Gasteiger partial charge in [-0.05, 0) is 31.5 Å². The van der Waals surface area contributed by atoms with Crippen molar-refractivity contribution in [1.29, 1.82) is 0 Å². The van der Waals surface area contributed by atoms with Crippen LogP contribution in [0.5, 0.6) is 5.75 Å². The molecule has 0 aliphatic carbocycles. The first-order valence-corrected chi connectivity index (χ1v) is 10.6. The minimum Gasteiger partial charge on any atom is -0.497 e. The number of carbonyl (C=O) groups excluding carboxylic acids is 1.